The molecule has 0 aliphatic heterocycles. The summed E-state index contributed by atoms with van der Waals surface area (Å²) in [6.45, 7) is 1.91. The maximum atomic E-state index is 12.3. The van der Waals surface area contributed by atoms with Crippen molar-refractivity contribution in [2.45, 2.75) is 24.8 Å². The highest BCUT2D eigenvalue weighted by atomic mass is 35.5. The van der Waals surface area contributed by atoms with E-state index in [1.54, 1.807) is 0 Å². The largest absolute Gasteiger partial charge is 0.392 e. The monoisotopic (exact) mass is 311 g/mol. The lowest BCUT2D eigenvalue weighted by atomic mass is 10.2. The number of hydrogen-bond acceptors (Lipinski definition) is 3. The van der Waals surface area contributed by atoms with E-state index in [0.717, 1.165) is 0 Å². The third-order valence-corrected chi connectivity index (χ3v) is 5.13. The Hall–Kier alpha value is -0.330. The number of halogens is 2. The summed E-state index contributed by atoms with van der Waals surface area (Å²) in [6.07, 6.45) is 0.695. The summed E-state index contributed by atoms with van der Waals surface area (Å²) in [7, 11) is -2.20. The van der Waals surface area contributed by atoms with Gasteiger partial charge in [0, 0.05) is 18.6 Å². The predicted octanol–water partition coefficient (Wildman–Crippen LogP) is 2.52. The van der Waals surface area contributed by atoms with Crippen molar-refractivity contribution in [3.05, 3.63) is 27.7 Å². The SMILES string of the molecule is CCCN(C)S(=O)(=O)c1cc(Cl)cc(CO)c1Cl. The highest BCUT2D eigenvalue weighted by Gasteiger charge is 2.25. The molecule has 1 N–H and O–H groups in total. The molecule has 102 valence electrons. The normalized spacial score (nSPS) is 12.1. The summed E-state index contributed by atoms with van der Waals surface area (Å²) >= 11 is 11.8. The fourth-order valence-corrected chi connectivity index (χ4v) is 3.68. The Morgan fingerprint density at radius 2 is 1.94 bits per heavy atom. The first-order valence-electron chi connectivity index (χ1n) is 5.39. The summed E-state index contributed by atoms with van der Waals surface area (Å²) in [4.78, 5) is -0.0725. The standard InChI is InChI=1S/C11H15Cl2NO3S/c1-3-4-14(2)18(16,17)10-6-9(12)5-8(7-15)11(10)13/h5-6,15H,3-4,7H2,1-2H3. The number of nitrogens with zero attached hydrogens (tertiary/aromatic N) is 1. The highest BCUT2D eigenvalue weighted by molar-refractivity contribution is 7.89. The number of aliphatic hydroxyl groups is 1. The van der Waals surface area contributed by atoms with Gasteiger partial charge < -0.3 is 5.11 Å². The Bertz CT molecular complexity index is 531. The summed E-state index contributed by atoms with van der Waals surface area (Å²) in [5.41, 5.74) is 0.299. The molecule has 0 saturated carbocycles. The minimum atomic E-state index is -3.68. The van der Waals surface area contributed by atoms with Crippen LogP contribution >= 0.6 is 23.2 Å². The zero-order valence-electron chi connectivity index (χ0n) is 10.2. The maximum absolute atomic E-state index is 12.3. The Balaban J connectivity index is 3.37. The smallest absolute Gasteiger partial charge is 0.244 e. The highest BCUT2D eigenvalue weighted by Crippen LogP contribution is 2.31. The molecule has 0 heterocycles. The zero-order chi connectivity index (χ0) is 13.9. The topological polar surface area (TPSA) is 57.6 Å². The lowest BCUT2D eigenvalue weighted by molar-refractivity contribution is 0.281. The molecule has 0 aromatic heterocycles. The van der Waals surface area contributed by atoms with Crippen molar-refractivity contribution < 1.29 is 13.5 Å². The zero-order valence-corrected chi connectivity index (χ0v) is 12.5. The van der Waals surface area contributed by atoms with Crippen molar-refractivity contribution in [3.63, 3.8) is 0 Å². The van der Waals surface area contributed by atoms with Crippen LogP contribution < -0.4 is 0 Å². The second kappa shape index (κ2) is 6.21. The number of hydrogen-bond donors (Lipinski definition) is 1. The van der Waals surface area contributed by atoms with Crippen molar-refractivity contribution in [2.75, 3.05) is 13.6 Å². The predicted molar refractivity (Wildman–Crippen MR) is 72.5 cm³/mol. The second-order valence-corrected chi connectivity index (χ2v) is 6.69. The van der Waals surface area contributed by atoms with E-state index in [1.165, 1.54) is 23.5 Å². The second-order valence-electron chi connectivity index (χ2n) is 3.86. The molecule has 1 rings (SSSR count). The quantitative estimate of drug-likeness (QED) is 0.909. The van der Waals surface area contributed by atoms with Gasteiger partial charge in [0.15, 0.2) is 0 Å². The van der Waals surface area contributed by atoms with Gasteiger partial charge in [0.05, 0.1) is 11.6 Å². The van der Waals surface area contributed by atoms with Gasteiger partial charge in [0.1, 0.15) is 4.90 Å². The van der Waals surface area contributed by atoms with Gasteiger partial charge in [-0.3, -0.25) is 0 Å². The van der Waals surface area contributed by atoms with Gasteiger partial charge in [0.2, 0.25) is 10.0 Å². The van der Waals surface area contributed by atoms with Gasteiger partial charge in [-0.25, -0.2) is 12.7 Å². The van der Waals surface area contributed by atoms with Gasteiger partial charge >= 0.3 is 0 Å². The van der Waals surface area contributed by atoms with E-state index in [4.69, 9.17) is 28.3 Å². The molecule has 0 radical (unpaired) electrons. The molecule has 7 heteroatoms. The van der Waals surface area contributed by atoms with E-state index in [0.29, 0.717) is 18.5 Å². The molecular weight excluding hydrogens is 297 g/mol. The Morgan fingerprint density at radius 1 is 1.33 bits per heavy atom. The molecule has 1 aromatic rings. The van der Waals surface area contributed by atoms with Crippen LogP contribution in [0.5, 0.6) is 0 Å². The van der Waals surface area contributed by atoms with Crippen molar-refractivity contribution in [1.82, 2.24) is 4.31 Å². The van der Waals surface area contributed by atoms with E-state index in [9.17, 15) is 8.42 Å². The fraction of sp³-hybridized carbons (Fsp3) is 0.455. The summed E-state index contributed by atoms with van der Waals surface area (Å²) in [5, 5.41) is 9.37. The number of sulfonamides is 1. The molecule has 4 nitrogen and oxygen atoms in total. The van der Waals surface area contributed by atoms with Crippen LogP contribution in [0.3, 0.4) is 0 Å². The van der Waals surface area contributed by atoms with E-state index in [-0.39, 0.29) is 21.5 Å². The fourth-order valence-electron chi connectivity index (χ4n) is 1.52. The van der Waals surface area contributed by atoms with E-state index >= 15 is 0 Å². The first kappa shape index (κ1) is 15.7. The minimum absolute atomic E-state index is 0.0184. The van der Waals surface area contributed by atoms with E-state index in [2.05, 4.69) is 0 Å². The third kappa shape index (κ3) is 3.16. The molecule has 0 saturated heterocycles. The van der Waals surface area contributed by atoms with Gasteiger partial charge in [-0.05, 0) is 24.1 Å². The summed E-state index contributed by atoms with van der Waals surface area (Å²) in [5.74, 6) is 0. The van der Waals surface area contributed by atoms with Gasteiger partial charge in [0.25, 0.3) is 0 Å². The third-order valence-electron chi connectivity index (χ3n) is 2.48. The van der Waals surface area contributed by atoms with Crippen LogP contribution in [0, 0.1) is 0 Å². The molecule has 0 aliphatic carbocycles. The van der Waals surface area contributed by atoms with E-state index < -0.39 is 10.0 Å². The molecule has 0 aliphatic rings. The number of rotatable bonds is 5. The first-order valence-corrected chi connectivity index (χ1v) is 7.59. The lowest BCUT2D eigenvalue weighted by Crippen LogP contribution is -2.28. The average molecular weight is 312 g/mol. The first-order chi connectivity index (χ1) is 8.34. The Morgan fingerprint density at radius 3 is 2.44 bits per heavy atom. The summed E-state index contributed by atoms with van der Waals surface area (Å²) in [6, 6.07) is 2.74. The van der Waals surface area contributed by atoms with Crippen molar-refractivity contribution >= 4 is 33.2 Å². The van der Waals surface area contributed by atoms with Gasteiger partial charge in [-0.15, -0.1) is 0 Å². The van der Waals surface area contributed by atoms with Crippen LogP contribution in [0.1, 0.15) is 18.9 Å². The lowest BCUT2D eigenvalue weighted by Gasteiger charge is -2.18. The number of aliphatic hydroxyl groups excluding tert-OH is 1. The van der Waals surface area contributed by atoms with Gasteiger partial charge in [-0.1, -0.05) is 30.1 Å². The van der Waals surface area contributed by atoms with Crippen LogP contribution in [0.4, 0.5) is 0 Å². The number of benzene rings is 1. The van der Waals surface area contributed by atoms with Gasteiger partial charge in [-0.2, -0.15) is 0 Å². The maximum Gasteiger partial charge on any atom is 0.244 e. The van der Waals surface area contributed by atoms with Crippen LogP contribution in [0.2, 0.25) is 10.0 Å². The van der Waals surface area contributed by atoms with Crippen LogP contribution in [0.15, 0.2) is 17.0 Å². The molecule has 0 bridgehead atoms. The molecule has 0 fully saturated rings. The minimum Gasteiger partial charge on any atom is -0.392 e. The molecule has 0 atom stereocenters. The van der Waals surface area contributed by atoms with Crippen LogP contribution in [-0.4, -0.2) is 31.4 Å². The molecule has 0 spiro atoms. The van der Waals surface area contributed by atoms with Crippen molar-refractivity contribution in [3.8, 4) is 0 Å². The molecular formula is C11H15Cl2NO3S. The molecule has 18 heavy (non-hydrogen) atoms. The van der Waals surface area contributed by atoms with E-state index in [1.807, 2.05) is 6.92 Å². The molecule has 0 amide bonds. The van der Waals surface area contributed by atoms with Crippen LogP contribution in [-0.2, 0) is 16.6 Å². The molecule has 0 unspecified atom stereocenters. The Kier molecular flexibility index (Phi) is 5.43. The van der Waals surface area contributed by atoms with Crippen molar-refractivity contribution in [1.29, 1.82) is 0 Å². The van der Waals surface area contributed by atoms with Crippen LogP contribution in [0.25, 0.3) is 0 Å². The van der Waals surface area contributed by atoms with Crippen molar-refractivity contribution in [2.24, 2.45) is 0 Å². The summed E-state index contributed by atoms with van der Waals surface area (Å²) < 4.78 is 25.7. The average Bonchev–Trinajstić information content (AvgIpc) is 2.31. The molecule has 1 aromatic carbocycles. The Labute approximate surface area is 117 Å².